The minimum Gasteiger partial charge on any atom is -0.404 e. The molecule has 1 atom stereocenters. The van der Waals surface area contributed by atoms with Crippen LogP contribution in [-0.4, -0.2) is 45.0 Å². The Morgan fingerprint density at radius 1 is 0.846 bits per heavy atom. The van der Waals surface area contributed by atoms with Gasteiger partial charge in [-0.3, -0.25) is 4.98 Å². The molecule has 16 heteroatoms. The topological polar surface area (TPSA) is 65.5 Å². The third-order valence-electron chi connectivity index (χ3n) is 6.17. The zero-order chi connectivity index (χ0) is 30.5. The molecule has 0 aliphatic carbocycles. The van der Waals surface area contributed by atoms with Gasteiger partial charge in [-0.15, -0.1) is 0 Å². The fraction of sp³-hybridized carbons (Fsp3) is 0.522. The maximum Gasteiger partial charge on any atom is 0.460 e. The van der Waals surface area contributed by atoms with Gasteiger partial charge in [0.05, 0.1) is 5.69 Å². The van der Waals surface area contributed by atoms with Crippen LogP contribution in [0.15, 0.2) is 42.5 Å². The molecule has 1 aromatic carbocycles. The first-order chi connectivity index (χ1) is 17.3. The van der Waals surface area contributed by atoms with Crippen molar-refractivity contribution in [2.75, 3.05) is 0 Å². The minimum atomic E-state index is -7.42. The van der Waals surface area contributed by atoms with E-state index in [1.165, 1.54) is 6.92 Å². The second-order valence-electron chi connectivity index (χ2n) is 10.2. The maximum atomic E-state index is 14.2. The summed E-state index contributed by atoms with van der Waals surface area (Å²) in [5.74, 6) is -15.9. The number of aromatic nitrogens is 1. The fourth-order valence-electron chi connectivity index (χ4n) is 2.94. The summed E-state index contributed by atoms with van der Waals surface area (Å²) in [4.78, 5) is 4.21. The number of nitrogens with zero attached hydrogens (tertiary/aromatic N) is 1. The lowest BCUT2D eigenvalue weighted by atomic mass is 10.1. The van der Waals surface area contributed by atoms with Crippen molar-refractivity contribution in [2.45, 2.75) is 75.2 Å². The van der Waals surface area contributed by atoms with Crippen molar-refractivity contribution in [1.82, 2.24) is 4.98 Å². The molecule has 2 rings (SSSR count). The number of benzene rings is 1. The number of rotatable bonds is 9. The summed E-state index contributed by atoms with van der Waals surface area (Å²) in [6, 6.07) is 9.63. The van der Waals surface area contributed by atoms with E-state index in [4.69, 9.17) is 4.43 Å². The van der Waals surface area contributed by atoms with Crippen molar-refractivity contribution in [1.29, 1.82) is 0 Å². The van der Waals surface area contributed by atoms with E-state index < -0.39 is 53.6 Å². The minimum absolute atomic E-state index is 0.0897. The zero-order valence-electron chi connectivity index (χ0n) is 21.5. The van der Waals surface area contributed by atoms with Gasteiger partial charge < -0.3 is 8.61 Å². The highest BCUT2D eigenvalue weighted by atomic mass is 32.2. The molecule has 0 saturated heterocycles. The molecule has 0 aliphatic heterocycles. The molecule has 1 aromatic heterocycles. The van der Waals surface area contributed by atoms with Crippen molar-refractivity contribution in [3.05, 3.63) is 59.4 Å². The molecule has 220 valence electrons. The highest BCUT2D eigenvalue weighted by Gasteiger charge is 2.86. The summed E-state index contributed by atoms with van der Waals surface area (Å²) in [5, 5.41) is -7.35. The molecule has 0 aliphatic rings. The quantitative estimate of drug-likeness (QED) is 0.166. The van der Waals surface area contributed by atoms with E-state index >= 15 is 0 Å². The van der Waals surface area contributed by atoms with E-state index in [2.05, 4.69) is 9.17 Å². The first-order valence-electron chi connectivity index (χ1n) is 11.1. The summed E-state index contributed by atoms with van der Waals surface area (Å²) < 4.78 is 154. The number of hydrogen-bond donors (Lipinski definition) is 0. The first-order valence-corrected chi connectivity index (χ1v) is 15.5. The van der Waals surface area contributed by atoms with Crippen LogP contribution < -0.4 is 4.18 Å². The van der Waals surface area contributed by atoms with Gasteiger partial charge in [0.2, 0.25) is 0 Å². The predicted molar refractivity (Wildman–Crippen MR) is 126 cm³/mol. The standard InChI is InChI=1S/C23H26F9NO4SSi/c1-14-12-16(36-38(34,35)23(31,32)21(26,27)20(24,25)22(28,29)30)13-17(33-14)18(15-10-8-7-9-11-15)37-39(5,6)19(2,3)4/h7-13,18H,1-6H3/t18-/m0/s1. The third kappa shape index (κ3) is 6.21. The zero-order valence-corrected chi connectivity index (χ0v) is 23.3. The van der Waals surface area contributed by atoms with Gasteiger partial charge in [-0.2, -0.15) is 47.9 Å². The van der Waals surface area contributed by atoms with Crippen LogP contribution in [0.25, 0.3) is 0 Å². The normalized spacial score (nSPS) is 15.3. The highest BCUT2D eigenvalue weighted by molar-refractivity contribution is 7.88. The molecule has 0 N–H and O–H groups in total. The number of hydrogen-bond acceptors (Lipinski definition) is 5. The Morgan fingerprint density at radius 2 is 1.36 bits per heavy atom. The van der Waals surface area contributed by atoms with Gasteiger partial charge in [0.25, 0.3) is 0 Å². The van der Waals surface area contributed by atoms with E-state index in [0.717, 1.165) is 6.07 Å². The second-order valence-corrected chi connectivity index (χ2v) is 16.6. The average Bonchev–Trinajstić information content (AvgIpc) is 2.75. The Balaban J connectivity index is 2.61. The number of halogens is 9. The molecule has 0 fully saturated rings. The van der Waals surface area contributed by atoms with Crippen LogP contribution in [0.5, 0.6) is 5.75 Å². The Hall–Kier alpha value is -2.33. The molecule has 2 aromatic rings. The molecule has 0 unspecified atom stereocenters. The second kappa shape index (κ2) is 10.3. The molecule has 5 nitrogen and oxygen atoms in total. The first kappa shape index (κ1) is 32.9. The molecule has 0 bridgehead atoms. The number of alkyl halides is 9. The number of aryl methyl sites for hydroxylation is 1. The van der Waals surface area contributed by atoms with Gasteiger partial charge in [0.15, 0.2) is 8.32 Å². The van der Waals surface area contributed by atoms with E-state index in [0.29, 0.717) is 11.6 Å². The van der Waals surface area contributed by atoms with E-state index in [9.17, 15) is 47.9 Å². The molecule has 0 saturated carbocycles. The van der Waals surface area contributed by atoms with Crippen LogP contribution in [-0.2, 0) is 14.5 Å². The van der Waals surface area contributed by atoms with E-state index in [1.54, 1.807) is 30.3 Å². The molecule has 0 spiro atoms. The molecular formula is C23H26F9NO4SSi. The lowest BCUT2D eigenvalue weighted by molar-refractivity contribution is -0.382. The largest absolute Gasteiger partial charge is 0.460 e. The monoisotopic (exact) mass is 611 g/mol. The summed E-state index contributed by atoms with van der Waals surface area (Å²) in [6.07, 6.45) is -8.24. The number of pyridine rings is 1. The summed E-state index contributed by atoms with van der Waals surface area (Å²) >= 11 is 0. The van der Waals surface area contributed by atoms with Gasteiger partial charge in [0, 0.05) is 17.8 Å². The van der Waals surface area contributed by atoms with Crippen molar-refractivity contribution in [3.63, 3.8) is 0 Å². The lowest BCUT2D eigenvalue weighted by Gasteiger charge is -2.39. The summed E-state index contributed by atoms with van der Waals surface area (Å²) in [5.41, 5.74) is 0.274. The van der Waals surface area contributed by atoms with Crippen LogP contribution in [0.1, 0.15) is 43.8 Å². The van der Waals surface area contributed by atoms with Crippen LogP contribution in [0.4, 0.5) is 39.5 Å². The Bertz CT molecular complexity index is 1280. The van der Waals surface area contributed by atoms with Crippen molar-refractivity contribution in [3.8, 4) is 5.75 Å². The van der Waals surface area contributed by atoms with Crippen LogP contribution in [0, 0.1) is 6.92 Å². The third-order valence-corrected chi connectivity index (χ3v) is 11.9. The van der Waals surface area contributed by atoms with Gasteiger partial charge in [-0.1, -0.05) is 51.1 Å². The molecular weight excluding hydrogens is 585 g/mol. The fourth-order valence-corrected chi connectivity index (χ4v) is 5.04. The SMILES string of the molecule is Cc1cc(OS(=O)(=O)C(F)(F)C(F)(F)C(F)(F)C(F)(F)F)cc([C@@H](O[Si](C)(C)C(C)(C)C)c2ccccc2)n1. The predicted octanol–water partition coefficient (Wildman–Crippen LogP) is 7.64. The smallest absolute Gasteiger partial charge is 0.404 e. The van der Waals surface area contributed by atoms with Crippen LogP contribution in [0.2, 0.25) is 18.1 Å². The maximum absolute atomic E-state index is 14.2. The Labute approximate surface area is 220 Å². The Kier molecular flexibility index (Phi) is 8.64. The van der Waals surface area contributed by atoms with Crippen molar-refractivity contribution >= 4 is 18.4 Å². The highest BCUT2D eigenvalue weighted by Crippen LogP contribution is 2.55. The lowest BCUT2D eigenvalue weighted by Crippen LogP contribution is -2.63. The van der Waals surface area contributed by atoms with Gasteiger partial charge in [-0.25, -0.2) is 0 Å². The van der Waals surface area contributed by atoms with E-state index in [-0.39, 0.29) is 16.4 Å². The molecule has 1 heterocycles. The van der Waals surface area contributed by atoms with E-state index in [1.807, 2.05) is 33.9 Å². The molecule has 0 radical (unpaired) electrons. The van der Waals surface area contributed by atoms with Gasteiger partial charge in [0.1, 0.15) is 11.9 Å². The van der Waals surface area contributed by atoms with Crippen molar-refractivity contribution < 1.29 is 56.5 Å². The summed E-state index contributed by atoms with van der Waals surface area (Å²) in [7, 11) is -9.74. The van der Waals surface area contributed by atoms with Crippen molar-refractivity contribution in [2.24, 2.45) is 0 Å². The molecule has 0 amide bonds. The van der Waals surface area contributed by atoms with Gasteiger partial charge in [-0.05, 0) is 30.6 Å². The Morgan fingerprint density at radius 3 is 1.82 bits per heavy atom. The average molecular weight is 612 g/mol. The van der Waals surface area contributed by atoms with Crippen LogP contribution >= 0.6 is 0 Å². The summed E-state index contributed by atoms with van der Waals surface area (Å²) in [6.45, 7) is 10.7. The molecule has 39 heavy (non-hydrogen) atoms. The van der Waals surface area contributed by atoms with Gasteiger partial charge >= 0.3 is 33.4 Å². The van der Waals surface area contributed by atoms with Crippen LogP contribution in [0.3, 0.4) is 0 Å².